The van der Waals surface area contributed by atoms with Crippen LogP contribution in [-0.4, -0.2) is 51.1 Å². The zero-order valence-corrected chi connectivity index (χ0v) is 7.89. The Morgan fingerprint density at radius 1 is 1.18 bits per heavy atom. The highest BCUT2D eigenvalue weighted by Gasteiger charge is 2.16. The Bertz CT molecular complexity index is 66.9. The molecule has 70 valence electrons. The smallest absolute Gasteiger partial charge is 0.00163 e. The lowest BCUT2D eigenvalue weighted by molar-refractivity contribution is 0.149. The van der Waals surface area contributed by atoms with Crippen LogP contribution in [0.2, 0.25) is 0 Å². The van der Waals surface area contributed by atoms with Gasteiger partial charge in [0.25, 0.3) is 0 Å². The van der Waals surface area contributed by atoms with Gasteiger partial charge in [0.1, 0.15) is 0 Å². The van der Waals surface area contributed by atoms with Gasteiger partial charge in [-0.2, -0.15) is 0 Å². The molecule has 0 atom stereocenters. The molecule has 0 saturated carbocycles. The predicted molar refractivity (Wildman–Crippen MR) is 53.0 cm³/mol. The number of rotatable bonds is 0. The fourth-order valence-electron chi connectivity index (χ4n) is 1.01. The Labute approximate surface area is 72.2 Å². The monoisotopic (exact) mass is 160 g/mol. The van der Waals surface area contributed by atoms with E-state index in [1.54, 1.807) is 0 Å². The van der Waals surface area contributed by atoms with Crippen LogP contribution in [0.25, 0.3) is 0 Å². The van der Waals surface area contributed by atoms with Crippen molar-refractivity contribution in [1.82, 2.24) is 9.80 Å². The largest absolute Gasteiger partial charge is 0.312 e. The number of likely N-dealkylation sites (tertiary alicyclic amines) is 1. The molecule has 0 radical (unpaired) electrons. The average Bonchev–Trinajstić information content (AvgIpc) is 1.60. The van der Waals surface area contributed by atoms with Gasteiger partial charge in [0.05, 0.1) is 0 Å². The van der Waals surface area contributed by atoms with Gasteiger partial charge in [-0.15, -0.1) is 0 Å². The van der Waals surface area contributed by atoms with Crippen LogP contribution >= 0.6 is 0 Å². The van der Waals surface area contributed by atoms with Gasteiger partial charge in [-0.25, -0.2) is 0 Å². The fraction of sp³-hybridized carbons (Fsp3) is 1.00. The summed E-state index contributed by atoms with van der Waals surface area (Å²) in [5.74, 6) is 0.968. The standard InChI is InChI=1S/C5H11N.C3H9N.CH4/c1-5-3-6(2)4-5;1-4(2)3;/h5H,3-4H2,1-2H3;1-3H3;1H4. The molecule has 0 aromatic rings. The molecule has 0 bridgehead atoms. The molecule has 0 unspecified atom stereocenters. The van der Waals surface area contributed by atoms with E-state index in [2.05, 4.69) is 18.9 Å². The van der Waals surface area contributed by atoms with Crippen LogP contribution in [0.3, 0.4) is 0 Å². The molecule has 0 aliphatic carbocycles. The second-order valence-corrected chi connectivity index (χ2v) is 3.67. The summed E-state index contributed by atoms with van der Waals surface area (Å²) < 4.78 is 0. The van der Waals surface area contributed by atoms with E-state index in [4.69, 9.17) is 0 Å². The molecule has 0 amide bonds. The second kappa shape index (κ2) is 6.62. The van der Waals surface area contributed by atoms with Crippen molar-refractivity contribution in [2.45, 2.75) is 14.4 Å². The van der Waals surface area contributed by atoms with E-state index in [9.17, 15) is 0 Å². The van der Waals surface area contributed by atoms with Gasteiger partial charge < -0.3 is 9.80 Å². The van der Waals surface area contributed by atoms with Gasteiger partial charge >= 0.3 is 0 Å². The molecule has 1 rings (SSSR count). The normalized spacial score (nSPS) is 18.0. The minimum atomic E-state index is 0. The summed E-state index contributed by atoms with van der Waals surface area (Å²) in [4.78, 5) is 4.32. The minimum Gasteiger partial charge on any atom is -0.312 e. The first-order valence-electron chi connectivity index (χ1n) is 3.82. The number of hydrogen-bond acceptors (Lipinski definition) is 2. The van der Waals surface area contributed by atoms with Crippen molar-refractivity contribution < 1.29 is 0 Å². The summed E-state index contributed by atoms with van der Waals surface area (Å²) in [6, 6.07) is 0. The minimum absolute atomic E-state index is 0. The molecular weight excluding hydrogens is 136 g/mol. The van der Waals surface area contributed by atoms with Crippen LogP contribution in [0, 0.1) is 5.92 Å². The maximum atomic E-state index is 2.32. The lowest BCUT2D eigenvalue weighted by atomic mass is 10.1. The third-order valence-electron chi connectivity index (χ3n) is 1.25. The number of nitrogens with zero attached hydrogens (tertiary/aromatic N) is 2. The van der Waals surface area contributed by atoms with E-state index in [1.807, 2.05) is 26.0 Å². The van der Waals surface area contributed by atoms with E-state index in [-0.39, 0.29) is 7.43 Å². The highest BCUT2D eigenvalue weighted by atomic mass is 15.2. The molecule has 1 heterocycles. The van der Waals surface area contributed by atoms with Gasteiger partial charge in [0.2, 0.25) is 0 Å². The molecule has 2 heteroatoms. The Balaban J connectivity index is 0. The Kier molecular flexibility index (Phi) is 8.13. The first-order chi connectivity index (χ1) is 4.52. The van der Waals surface area contributed by atoms with Crippen molar-refractivity contribution in [3.8, 4) is 0 Å². The molecule has 0 aromatic heterocycles. The Morgan fingerprint density at radius 2 is 1.45 bits per heavy atom. The summed E-state index contributed by atoms with van der Waals surface area (Å²) in [5.41, 5.74) is 0. The van der Waals surface area contributed by atoms with Crippen molar-refractivity contribution in [2.24, 2.45) is 5.92 Å². The zero-order valence-electron chi connectivity index (χ0n) is 7.89. The molecule has 0 spiro atoms. The molecule has 0 aromatic carbocycles. The van der Waals surface area contributed by atoms with Crippen LogP contribution in [0.4, 0.5) is 0 Å². The Morgan fingerprint density at radius 3 is 1.45 bits per heavy atom. The number of hydrogen-bond donors (Lipinski definition) is 0. The highest BCUT2D eigenvalue weighted by molar-refractivity contribution is 4.71. The molecule has 11 heavy (non-hydrogen) atoms. The molecular formula is C9H24N2. The van der Waals surface area contributed by atoms with Crippen molar-refractivity contribution in [1.29, 1.82) is 0 Å². The molecule has 0 N–H and O–H groups in total. The lowest BCUT2D eigenvalue weighted by Gasteiger charge is -2.33. The van der Waals surface area contributed by atoms with Gasteiger partial charge in [-0.1, -0.05) is 14.4 Å². The maximum Gasteiger partial charge on any atom is 0.00163 e. The van der Waals surface area contributed by atoms with Crippen LogP contribution < -0.4 is 0 Å². The SMILES string of the molecule is C.CC1CN(C)C1.CN(C)C. The third kappa shape index (κ3) is 9.92. The molecule has 1 saturated heterocycles. The van der Waals surface area contributed by atoms with Crippen molar-refractivity contribution >= 4 is 0 Å². The van der Waals surface area contributed by atoms with E-state index < -0.39 is 0 Å². The summed E-state index contributed by atoms with van der Waals surface area (Å²) >= 11 is 0. The Hall–Kier alpha value is -0.0800. The topological polar surface area (TPSA) is 6.48 Å². The van der Waals surface area contributed by atoms with Crippen molar-refractivity contribution in [3.05, 3.63) is 0 Å². The lowest BCUT2D eigenvalue weighted by Crippen LogP contribution is -2.41. The van der Waals surface area contributed by atoms with Gasteiger partial charge in [0, 0.05) is 13.1 Å². The predicted octanol–water partition coefficient (Wildman–Crippen LogP) is 1.38. The zero-order chi connectivity index (χ0) is 8.15. The van der Waals surface area contributed by atoms with Gasteiger partial charge in [0.15, 0.2) is 0 Å². The van der Waals surface area contributed by atoms with E-state index >= 15 is 0 Å². The maximum absolute atomic E-state index is 2.32. The quantitative estimate of drug-likeness (QED) is 0.528. The fourth-order valence-corrected chi connectivity index (χ4v) is 1.01. The first-order valence-corrected chi connectivity index (χ1v) is 3.82. The first kappa shape index (κ1) is 13.5. The van der Waals surface area contributed by atoms with Gasteiger partial charge in [-0.05, 0) is 34.1 Å². The summed E-state index contributed by atoms with van der Waals surface area (Å²) in [6.45, 7) is 4.89. The average molecular weight is 160 g/mol. The van der Waals surface area contributed by atoms with Gasteiger partial charge in [-0.3, -0.25) is 0 Å². The van der Waals surface area contributed by atoms with E-state index in [0.29, 0.717) is 0 Å². The van der Waals surface area contributed by atoms with Crippen LogP contribution in [0.5, 0.6) is 0 Å². The summed E-state index contributed by atoms with van der Waals surface area (Å²) in [7, 11) is 8.15. The highest BCUT2D eigenvalue weighted by Crippen LogP contribution is 2.09. The van der Waals surface area contributed by atoms with Crippen LogP contribution in [-0.2, 0) is 0 Å². The van der Waals surface area contributed by atoms with Crippen molar-refractivity contribution in [3.63, 3.8) is 0 Å². The molecule has 1 aliphatic heterocycles. The van der Waals surface area contributed by atoms with E-state index in [0.717, 1.165) is 5.92 Å². The second-order valence-electron chi connectivity index (χ2n) is 3.67. The van der Waals surface area contributed by atoms with Crippen molar-refractivity contribution in [2.75, 3.05) is 41.3 Å². The van der Waals surface area contributed by atoms with E-state index in [1.165, 1.54) is 13.1 Å². The summed E-state index contributed by atoms with van der Waals surface area (Å²) in [6.07, 6.45) is 0. The third-order valence-corrected chi connectivity index (χ3v) is 1.25. The summed E-state index contributed by atoms with van der Waals surface area (Å²) in [5, 5.41) is 0. The molecule has 1 fully saturated rings. The molecule has 1 aliphatic rings. The molecule has 2 nitrogen and oxygen atoms in total. The van der Waals surface area contributed by atoms with Crippen LogP contribution in [0.1, 0.15) is 14.4 Å². The van der Waals surface area contributed by atoms with Crippen LogP contribution in [0.15, 0.2) is 0 Å².